The number of carbonyl (C=O) groups is 1. The Kier molecular flexibility index (Phi) is 3.64. The van der Waals surface area contributed by atoms with Crippen LogP contribution in [0.2, 0.25) is 0 Å². The van der Waals surface area contributed by atoms with Gasteiger partial charge in [0, 0.05) is 12.5 Å². The van der Waals surface area contributed by atoms with Gasteiger partial charge in [-0.05, 0) is 25.5 Å². The Morgan fingerprint density at radius 1 is 1.44 bits per heavy atom. The highest BCUT2D eigenvalue weighted by atomic mass is 32.2. The number of nitrogens with zero attached hydrogens (tertiary/aromatic N) is 1. The van der Waals surface area contributed by atoms with Gasteiger partial charge in [-0.3, -0.25) is 4.79 Å². The van der Waals surface area contributed by atoms with Crippen LogP contribution in [0, 0.1) is 6.92 Å². The number of hydrogen-bond donors (Lipinski definition) is 1. The van der Waals surface area contributed by atoms with Gasteiger partial charge in [0.25, 0.3) is 0 Å². The van der Waals surface area contributed by atoms with Gasteiger partial charge in [-0.1, -0.05) is 6.07 Å². The van der Waals surface area contributed by atoms with Gasteiger partial charge < -0.3 is 5.32 Å². The molecule has 1 atom stereocenters. The van der Waals surface area contributed by atoms with Crippen LogP contribution in [0.4, 0.5) is 5.82 Å². The van der Waals surface area contributed by atoms with Crippen LogP contribution in [0.25, 0.3) is 0 Å². The van der Waals surface area contributed by atoms with Crippen LogP contribution >= 0.6 is 0 Å². The molecule has 1 amide bonds. The maximum Gasteiger partial charge on any atom is 0.243 e. The number of amides is 1. The number of pyridine rings is 1. The van der Waals surface area contributed by atoms with Crippen molar-refractivity contribution < 1.29 is 13.2 Å². The van der Waals surface area contributed by atoms with Crippen LogP contribution in [0.1, 0.15) is 12.5 Å². The van der Waals surface area contributed by atoms with Crippen LogP contribution in [0.3, 0.4) is 0 Å². The fourth-order valence-electron chi connectivity index (χ4n) is 0.964. The maximum absolute atomic E-state index is 11.5. The zero-order valence-corrected chi connectivity index (χ0v) is 10.2. The van der Waals surface area contributed by atoms with E-state index in [9.17, 15) is 13.2 Å². The van der Waals surface area contributed by atoms with Crippen LogP contribution < -0.4 is 5.32 Å². The third-order valence-corrected chi connectivity index (χ3v) is 3.67. The lowest BCUT2D eigenvalue weighted by Crippen LogP contribution is -2.32. The molecule has 16 heavy (non-hydrogen) atoms. The van der Waals surface area contributed by atoms with Gasteiger partial charge in [0.15, 0.2) is 9.84 Å². The van der Waals surface area contributed by atoms with E-state index in [0.29, 0.717) is 5.82 Å². The van der Waals surface area contributed by atoms with Crippen molar-refractivity contribution >= 4 is 21.6 Å². The minimum atomic E-state index is -3.37. The summed E-state index contributed by atoms with van der Waals surface area (Å²) in [4.78, 5) is 15.5. The first kappa shape index (κ1) is 12.6. The van der Waals surface area contributed by atoms with Gasteiger partial charge in [-0.2, -0.15) is 0 Å². The average molecular weight is 242 g/mol. The van der Waals surface area contributed by atoms with E-state index in [-0.39, 0.29) is 0 Å². The minimum absolute atomic E-state index is 0.353. The standard InChI is InChI=1S/C10H14N2O3S/c1-7-4-5-9(11-6-7)12-10(13)8(2)16(3,14)15/h4-6,8H,1-3H3,(H,11,12,13)/t8-/m1/s1. The molecule has 0 unspecified atom stereocenters. The lowest BCUT2D eigenvalue weighted by molar-refractivity contribution is -0.115. The lowest BCUT2D eigenvalue weighted by Gasteiger charge is -2.09. The molecule has 88 valence electrons. The first-order valence-corrected chi connectivity index (χ1v) is 6.68. The van der Waals surface area contributed by atoms with Crippen LogP contribution in [0.5, 0.6) is 0 Å². The number of aryl methyl sites for hydroxylation is 1. The van der Waals surface area contributed by atoms with Crippen molar-refractivity contribution in [1.82, 2.24) is 4.98 Å². The Bertz CT molecular complexity index is 479. The van der Waals surface area contributed by atoms with E-state index in [2.05, 4.69) is 10.3 Å². The molecule has 1 rings (SSSR count). The van der Waals surface area contributed by atoms with Gasteiger partial charge in [0.2, 0.25) is 5.91 Å². The molecule has 0 saturated heterocycles. The summed E-state index contributed by atoms with van der Waals surface area (Å²) in [6, 6.07) is 3.41. The van der Waals surface area contributed by atoms with Gasteiger partial charge in [-0.15, -0.1) is 0 Å². The molecule has 0 aliphatic rings. The second-order valence-electron chi connectivity index (χ2n) is 3.68. The van der Waals surface area contributed by atoms with E-state index in [4.69, 9.17) is 0 Å². The summed E-state index contributed by atoms with van der Waals surface area (Å²) in [6.45, 7) is 3.22. The topological polar surface area (TPSA) is 76.1 Å². The molecule has 0 aromatic carbocycles. The van der Waals surface area contributed by atoms with E-state index in [1.807, 2.05) is 6.92 Å². The first-order valence-electron chi connectivity index (χ1n) is 4.73. The molecule has 0 aliphatic carbocycles. The van der Waals surface area contributed by atoms with Gasteiger partial charge in [-0.25, -0.2) is 13.4 Å². The molecular weight excluding hydrogens is 228 g/mol. The predicted octanol–water partition coefficient (Wildman–Crippen LogP) is 0.762. The Morgan fingerprint density at radius 2 is 2.06 bits per heavy atom. The number of rotatable bonds is 3. The van der Waals surface area contributed by atoms with E-state index in [0.717, 1.165) is 11.8 Å². The molecule has 1 heterocycles. The molecule has 0 spiro atoms. The number of hydrogen-bond acceptors (Lipinski definition) is 4. The lowest BCUT2D eigenvalue weighted by atomic mass is 10.3. The summed E-state index contributed by atoms with van der Waals surface area (Å²) in [7, 11) is -3.37. The summed E-state index contributed by atoms with van der Waals surface area (Å²) < 4.78 is 22.3. The van der Waals surface area contributed by atoms with E-state index >= 15 is 0 Å². The zero-order valence-electron chi connectivity index (χ0n) is 9.39. The van der Waals surface area contributed by atoms with Crippen molar-refractivity contribution in [3.05, 3.63) is 23.9 Å². The molecule has 0 radical (unpaired) electrons. The van der Waals surface area contributed by atoms with Gasteiger partial charge >= 0.3 is 0 Å². The Balaban J connectivity index is 2.76. The van der Waals surface area contributed by atoms with E-state index in [1.54, 1.807) is 18.3 Å². The maximum atomic E-state index is 11.5. The van der Waals surface area contributed by atoms with E-state index < -0.39 is 21.0 Å². The van der Waals surface area contributed by atoms with Crippen molar-refractivity contribution in [2.45, 2.75) is 19.1 Å². The SMILES string of the molecule is Cc1ccc(NC(=O)[C@@H](C)S(C)(=O)=O)nc1. The Morgan fingerprint density at radius 3 is 2.50 bits per heavy atom. The van der Waals surface area contributed by atoms with Crippen LogP contribution in [-0.4, -0.2) is 30.8 Å². The number of aromatic nitrogens is 1. The molecule has 6 heteroatoms. The molecule has 1 N–H and O–H groups in total. The van der Waals surface area contributed by atoms with Crippen molar-refractivity contribution in [3.8, 4) is 0 Å². The Hall–Kier alpha value is -1.43. The van der Waals surface area contributed by atoms with Crippen molar-refractivity contribution in [1.29, 1.82) is 0 Å². The number of carbonyl (C=O) groups excluding carboxylic acids is 1. The van der Waals surface area contributed by atoms with Gasteiger partial charge in [0.05, 0.1) is 0 Å². The normalized spacial score (nSPS) is 13.2. The molecule has 1 aromatic rings. The zero-order chi connectivity index (χ0) is 12.3. The summed E-state index contributed by atoms with van der Waals surface area (Å²) in [5.74, 6) is -0.218. The smallest absolute Gasteiger partial charge is 0.243 e. The molecular formula is C10H14N2O3S. The highest BCUT2D eigenvalue weighted by Crippen LogP contribution is 2.06. The Labute approximate surface area is 94.8 Å². The van der Waals surface area contributed by atoms with Crippen LogP contribution in [0.15, 0.2) is 18.3 Å². The molecule has 0 aliphatic heterocycles. The molecule has 0 fully saturated rings. The van der Waals surface area contributed by atoms with Gasteiger partial charge in [0.1, 0.15) is 11.1 Å². The first-order chi connectivity index (χ1) is 7.30. The third-order valence-electron chi connectivity index (χ3n) is 2.17. The van der Waals surface area contributed by atoms with E-state index in [1.165, 1.54) is 6.92 Å². The number of nitrogens with one attached hydrogen (secondary N) is 1. The molecule has 5 nitrogen and oxygen atoms in total. The third kappa shape index (κ3) is 3.30. The quantitative estimate of drug-likeness (QED) is 0.849. The highest BCUT2D eigenvalue weighted by molar-refractivity contribution is 7.92. The van der Waals surface area contributed by atoms with Crippen molar-refractivity contribution in [3.63, 3.8) is 0 Å². The fourth-order valence-corrected chi connectivity index (χ4v) is 1.41. The predicted molar refractivity (Wildman–Crippen MR) is 61.9 cm³/mol. The second-order valence-corrected chi connectivity index (χ2v) is 6.05. The summed E-state index contributed by atoms with van der Waals surface area (Å²) >= 11 is 0. The fraction of sp³-hybridized carbons (Fsp3) is 0.400. The summed E-state index contributed by atoms with van der Waals surface area (Å²) in [6.07, 6.45) is 2.63. The van der Waals surface area contributed by atoms with Crippen molar-refractivity contribution in [2.75, 3.05) is 11.6 Å². The highest BCUT2D eigenvalue weighted by Gasteiger charge is 2.23. The summed E-state index contributed by atoms with van der Waals surface area (Å²) in [5, 5.41) is 1.37. The molecule has 0 bridgehead atoms. The summed E-state index contributed by atoms with van der Waals surface area (Å²) in [5.41, 5.74) is 0.967. The monoisotopic (exact) mass is 242 g/mol. The van der Waals surface area contributed by atoms with Crippen molar-refractivity contribution in [2.24, 2.45) is 0 Å². The molecule has 1 aromatic heterocycles. The second kappa shape index (κ2) is 4.61. The molecule has 0 saturated carbocycles. The van der Waals surface area contributed by atoms with Crippen LogP contribution in [-0.2, 0) is 14.6 Å². The largest absolute Gasteiger partial charge is 0.310 e. The number of anilines is 1. The minimum Gasteiger partial charge on any atom is -0.310 e. The number of sulfone groups is 1. The average Bonchev–Trinajstić information content (AvgIpc) is 2.19.